The van der Waals surface area contributed by atoms with Crippen LogP contribution in [0.3, 0.4) is 0 Å². The average molecular weight is 253 g/mol. The second-order valence-corrected chi connectivity index (χ2v) is 4.83. The van der Waals surface area contributed by atoms with Crippen molar-refractivity contribution in [1.29, 1.82) is 0 Å². The predicted molar refractivity (Wildman–Crippen MR) is 68.3 cm³/mol. The quantitative estimate of drug-likeness (QED) is 0.807. The Hall–Kier alpha value is -1.75. The largest absolute Gasteiger partial charge is 0.493 e. The van der Waals surface area contributed by atoms with Crippen LogP contribution >= 0.6 is 0 Å². The summed E-state index contributed by atoms with van der Waals surface area (Å²) in [5, 5.41) is 8.93. The minimum atomic E-state index is -0.999. The van der Waals surface area contributed by atoms with E-state index in [0.29, 0.717) is 24.7 Å². The van der Waals surface area contributed by atoms with Gasteiger partial charge in [0.2, 0.25) is 0 Å². The maximum Gasteiger partial charge on any atom is 0.335 e. The molecule has 1 aromatic rings. The lowest BCUT2D eigenvalue weighted by atomic mass is 9.95. The van der Waals surface area contributed by atoms with E-state index in [4.69, 9.17) is 20.3 Å². The van der Waals surface area contributed by atoms with Gasteiger partial charge in [-0.15, -0.1) is 0 Å². The molecule has 0 aliphatic carbocycles. The Morgan fingerprint density at radius 2 is 2.06 bits per heavy atom. The molecule has 100 valence electrons. The lowest BCUT2D eigenvalue weighted by Gasteiger charge is -2.23. The topological polar surface area (TPSA) is 81.8 Å². The van der Waals surface area contributed by atoms with Gasteiger partial charge in [-0.1, -0.05) is 13.8 Å². The standard InChI is InChI=1S/C13H19NO4/c1-13(2,7-14)8-18-11-6-9(12(15)16)4-5-10(11)17-3/h4-6H,7-8,14H2,1-3H3,(H,15,16). The van der Waals surface area contributed by atoms with E-state index in [-0.39, 0.29) is 11.0 Å². The third-order valence-electron chi connectivity index (χ3n) is 2.58. The molecule has 1 aromatic carbocycles. The second kappa shape index (κ2) is 5.73. The first kappa shape index (κ1) is 14.3. The van der Waals surface area contributed by atoms with Gasteiger partial charge < -0.3 is 20.3 Å². The highest BCUT2D eigenvalue weighted by molar-refractivity contribution is 5.88. The summed E-state index contributed by atoms with van der Waals surface area (Å²) in [5.74, 6) is -0.0765. The second-order valence-electron chi connectivity index (χ2n) is 4.83. The van der Waals surface area contributed by atoms with E-state index in [9.17, 15) is 4.79 Å². The Morgan fingerprint density at radius 1 is 1.39 bits per heavy atom. The van der Waals surface area contributed by atoms with Crippen molar-refractivity contribution in [2.75, 3.05) is 20.3 Å². The zero-order valence-corrected chi connectivity index (χ0v) is 10.9. The smallest absolute Gasteiger partial charge is 0.335 e. The number of carboxylic acids is 1. The number of ether oxygens (including phenoxy) is 2. The van der Waals surface area contributed by atoms with Gasteiger partial charge in [-0.05, 0) is 18.2 Å². The summed E-state index contributed by atoms with van der Waals surface area (Å²) < 4.78 is 10.7. The van der Waals surface area contributed by atoms with Gasteiger partial charge in [-0.2, -0.15) is 0 Å². The highest BCUT2D eigenvalue weighted by Gasteiger charge is 2.18. The fourth-order valence-corrected chi connectivity index (χ4v) is 1.25. The van der Waals surface area contributed by atoms with Gasteiger partial charge in [-0.3, -0.25) is 0 Å². The maximum absolute atomic E-state index is 10.9. The SMILES string of the molecule is COc1ccc(C(=O)O)cc1OCC(C)(C)CN. The minimum Gasteiger partial charge on any atom is -0.493 e. The van der Waals surface area contributed by atoms with E-state index in [0.717, 1.165) is 0 Å². The van der Waals surface area contributed by atoms with Crippen LogP contribution < -0.4 is 15.2 Å². The molecule has 18 heavy (non-hydrogen) atoms. The third kappa shape index (κ3) is 3.63. The molecule has 0 radical (unpaired) electrons. The van der Waals surface area contributed by atoms with Gasteiger partial charge in [-0.25, -0.2) is 4.79 Å². The van der Waals surface area contributed by atoms with Crippen LogP contribution in [0.4, 0.5) is 0 Å². The summed E-state index contributed by atoms with van der Waals surface area (Å²) in [4.78, 5) is 10.9. The molecule has 1 rings (SSSR count). The highest BCUT2D eigenvalue weighted by Crippen LogP contribution is 2.29. The number of carbonyl (C=O) groups is 1. The van der Waals surface area contributed by atoms with Crippen molar-refractivity contribution in [3.8, 4) is 11.5 Å². The summed E-state index contributed by atoms with van der Waals surface area (Å²) in [5.41, 5.74) is 5.60. The van der Waals surface area contributed by atoms with Crippen molar-refractivity contribution in [3.63, 3.8) is 0 Å². The van der Waals surface area contributed by atoms with Crippen LogP contribution in [-0.4, -0.2) is 31.3 Å². The van der Waals surface area contributed by atoms with Crippen LogP contribution in [-0.2, 0) is 0 Å². The molecule has 0 aliphatic heterocycles. The molecule has 0 heterocycles. The Kier molecular flexibility index (Phi) is 4.55. The maximum atomic E-state index is 10.9. The summed E-state index contributed by atoms with van der Waals surface area (Å²) in [6.07, 6.45) is 0. The van der Waals surface area contributed by atoms with E-state index >= 15 is 0 Å². The van der Waals surface area contributed by atoms with Crippen molar-refractivity contribution in [3.05, 3.63) is 23.8 Å². The molecule has 0 aromatic heterocycles. The molecule has 0 spiro atoms. The highest BCUT2D eigenvalue weighted by atomic mass is 16.5. The zero-order chi connectivity index (χ0) is 13.8. The van der Waals surface area contributed by atoms with Crippen LogP contribution in [0.15, 0.2) is 18.2 Å². The number of aromatic carboxylic acids is 1. The van der Waals surface area contributed by atoms with Crippen molar-refractivity contribution in [1.82, 2.24) is 0 Å². The fraction of sp³-hybridized carbons (Fsp3) is 0.462. The molecule has 5 nitrogen and oxygen atoms in total. The van der Waals surface area contributed by atoms with Crippen molar-refractivity contribution >= 4 is 5.97 Å². The molecule has 0 saturated heterocycles. The van der Waals surface area contributed by atoms with E-state index < -0.39 is 5.97 Å². The first-order chi connectivity index (χ1) is 8.39. The number of rotatable bonds is 6. The van der Waals surface area contributed by atoms with Crippen LogP contribution in [0.5, 0.6) is 11.5 Å². The van der Waals surface area contributed by atoms with E-state index in [2.05, 4.69) is 0 Å². The normalized spacial score (nSPS) is 11.1. The molecule has 0 saturated carbocycles. The summed E-state index contributed by atoms with van der Waals surface area (Å²) in [6, 6.07) is 4.50. The van der Waals surface area contributed by atoms with Crippen molar-refractivity contribution in [2.24, 2.45) is 11.1 Å². The molecule has 0 aliphatic rings. The van der Waals surface area contributed by atoms with Gasteiger partial charge in [0.15, 0.2) is 11.5 Å². The molecule has 5 heteroatoms. The Labute approximate surface area is 107 Å². The molecule has 0 amide bonds. The first-order valence-electron chi connectivity index (χ1n) is 5.64. The van der Waals surface area contributed by atoms with Gasteiger partial charge in [0, 0.05) is 12.0 Å². The van der Waals surface area contributed by atoms with Gasteiger partial charge in [0.05, 0.1) is 19.3 Å². The number of nitrogens with two attached hydrogens (primary N) is 1. The number of benzene rings is 1. The summed E-state index contributed by atoms with van der Waals surface area (Å²) in [7, 11) is 1.51. The van der Waals surface area contributed by atoms with Crippen LogP contribution in [0.25, 0.3) is 0 Å². The van der Waals surface area contributed by atoms with E-state index in [1.165, 1.54) is 19.2 Å². The van der Waals surface area contributed by atoms with Crippen LogP contribution in [0.2, 0.25) is 0 Å². The fourth-order valence-electron chi connectivity index (χ4n) is 1.25. The van der Waals surface area contributed by atoms with Gasteiger partial charge in [0.25, 0.3) is 0 Å². The predicted octanol–water partition coefficient (Wildman–Crippen LogP) is 1.76. The monoisotopic (exact) mass is 253 g/mol. The summed E-state index contributed by atoms with van der Waals surface area (Å²) >= 11 is 0. The molecular weight excluding hydrogens is 234 g/mol. The van der Waals surface area contributed by atoms with Gasteiger partial charge >= 0.3 is 5.97 Å². The zero-order valence-electron chi connectivity index (χ0n) is 10.9. The molecule has 0 fully saturated rings. The van der Waals surface area contributed by atoms with Crippen LogP contribution in [0.1, 0.15) is 24.2 Å². The number of carboxylic acid groups (broad SMARTS) is 1. The molecule has 3 N–H and O–H groups in total. The Bertz CT molecular complexity index is 429. The molecular formula is C13H19NO4. The Morgan fingerprint density at radius 3 is 2.56 bits per heavy atom. The Balaban J connectivity index is 2.91. The van der Waals surface area contributed by atoms with E-state index in [1.807, 2.05) is 13.8 Å². The van der Waals surface area contributed by atoms with Crippen molar-refractivity contribution in [2.45, 2.75) is 13.8 Å². The van der Waals surface area contributed by atoms with Gasteiger partial charge in [0.1, 0.15) is 0 Å². The van der Waals surface area contributed by atoms with Crippen LogP contribution in [0, 0.1) is 5.41 Å². The van der Waals surface area contributed by atoms with Crippen molar-refractivity contribution < 1.29 is 19.4 Å². The minimum absolute atomic E-state index is 0.163. The molecule has 0 atom stereocenters. The first-order valence-corrected chi connectivity index (χ1v) is 5.64. The van der Waals surface area contributed by atoms with E-state index in [1.54, 1.807) is 6.07 Å². The average Bonchev–Trinajstić information content (AvgIpc) is 2.36. The molecule has 0 bridgehead atoms. The molecule has 0 unspecified atom stereocenters. The number of hydrogen-bond acceptors (Lipinski definition) is 4. The summed E-state index contributed by atoms with van der Waals surface area (Å²) in [6.45, 7) is 4.82. The third-order valence-corrected chi connectivity index (χ3v) is 2.58. The lowest BCUT2D eigenvalue weighted by Crippen LogP contribution is -2.30. The number of methoxy groups -OCH3 is 1. The lowest BCUT2D eigenvalue weighted by molar-refractivity contribution is 0.0696. The number of hydrogen-bond donors (Lipinski definition) is 2.